The predicted molar refractivity (Wildman–Crippen MR) is 272 cm³/mol. The van der Waals surface area contributed by atoms with Gasteiger partial charge in [-0.3, -0.25) is 0 Å². The van der Waals surface area contributed by atoms with Crippen molar-refractivity contribution in [1.29, 1.82) is 0 Å². The summed E-state index contributed by atoms with van der Waals surface area (Å²) < 4.78 is 0. The van der Waals surface area contributed by atoms with E-state index in [4.69, 9.17) is 9.97 Å². The molecule has 13 rings (SSSR count). The zero-order valence-corrected chi connectivity index (χ0v) is 34.8. The number of hydrogen-bond acceptors (Lipinski definition) is 2. The van der Waals surface area contributed by atoms with Crippen molar-refractivity contribution in [2.75, 3.05) is 0 Å². The fourth-order valence-electron chi connectivity index (χ4n) is 10.3. The van der Waals surface area contributed by atoms with Crippen LogP contribution in [0.15, 0.2) is 231 Å². The van der Waals surface area contributed by atoms with Crippen molar-refractivity contribution in [3.63, 3.8) is 0 Å². The van der Waals surface area contributed by atoms with Crippen molar-refractivity contribution in [2.45, 2.75) is 0 Å². The summed E-state index contributed by atoms with van der Waals surface area (Å²) in [6.45, 7) is 0. The van der Waals surface area contributed by atoms with Crippen molar-refractivity contribution >= 4 is 75.4 Å². The van der Waals surface area contributed by atoms with E-state index >= 15 is 0 Å². The first-order valence-corrected chi connectivity index (χ1v) is 22.0. The molecule has 1 aromatic heterocycles. The second kappa shape index (κ2) is 14.6. The predicted octanol–water partition coefficient (Wildman–Crippen LogP) is 16.9. The highest BCUT2D eigenvalue weighted by molar-refractivity contribution is 6.33. The number of nitrogens with zero attached hydrogens (tertiary/aromatic N) is 2. The minimum absolute atomic E-state index is 0.709. The maximum Gasteiger partial charge on any atom is 0.160 e. The Morgan fingerprint density at radius 3 is 1.30 bits per heavy atom. The molecule has 0 N–H and O–H groups in total. The lowest BCUT2D eigenvalue weighted by atomic mass is 9.86. The third-order valence-electron chi connectivity index (χ3n) is 13.2. The molecule has 0 bridgehead atoms. The highest BCUT2D eigenvalue weighted by Gasteiger charge is 2.20. The normalized spacial score (nSPS) is 11.8. The molecular formula is C62H38N2. The van der Waals surface area contributed by atoms with Crippen molar-refractivity contribution in [2.24, 2.45) is 0 Å². The average molecular weight is 811 g/mol. The quantitative estimate of drug-likeness (QED) is 0.128. The molecule has 0 aliphatic carbocycles. The largest absolute Gasteiger partial charge is 0.228 e. The molecule has 1 heterocycles. The molecule has 0 aliphatic rings. The summed E-state index contributed by atoms with van der Waals surface area (Å²) in [6, 6.07) is 83.7. The molecule has 0 spiro atoms. The van der Waals surface area contributed by atoms with Crippen LogP contribution in [0.25, 0.3) is 132 Å². The summed E-state index contributed by atoms with van der Waals surface area (Å²) in [7, 11) is 0. The summed E-state index contributed by atoms with van der Waals surface area (Å²) in [5.41, 5.74) is 9.73. The summed E-state index contributed by atoms with van der Waals surface area (Å²) in [6.07, 6.45) is 0. The number of rotatable bonds is 5. The lowest BCUT2D eigenvalue weighted by Crippen LogP contribution is -1.98. The molecule has 2 nitrogen and oxygen atoms in total. The smallest absolute Gasteiger partial charge is 0.160 e. The van der Waals surface area contributed by atoms with Crippen molar-refractivity contribution in [3.8, 4) is 56.2 Å². The number of fused-ring (bicyclic) bond motifs is 7. The molecule has 0 radical (unpaired) electrons. The molecule has 13 aromatic rings. The van der Waals surface area contributed by atoms with Gasteiger partial charge in [-0.2, -0.15) is 0 Å². The lowest BCUT2D eigenvalue weighted by Gasteiger charge is -2.18. The van der Waals surface area contributed by atoms with Crippen LogP contribution in [0.5, 0.6) is 0 Å². The highest BCUT2D eigenvalue weighted by Crippen LogP contribution is 2.46. The molecule has 296 valence electrons. The molecule has 12 aromatic carbocycles. The van der Waals surface area contributed by atoms with Crippen LogP contribution < -0.4 is 0 Å². The van der Waals surface area contributed by atoms with Crippen LogP contribution in [0.3, 0.4) is 0 Å². The molecule has 0 atom stereocenters. The van der Waals surface area contributed by atoms with Crippen LogP contribution >= 0.6 is 0 Å². The third kappa shape index (κ3) is 5.73. The van der Waals surface area contributed by atoms with E-state index in [0.717, 1.165) is 38.9 Å². The fraction of sp³-hybridized carbons (Fsp3) is 0. The summed E-state index contributed by atoms with van der Waals surface area (Å²) in [4.78, 5) is 10.4. The average Bonchev–Trinajstić information content (AvgIpc) is 3.37. The highest BCUT2D eigenvalue weighted by atomic mass is 14.9. The first kappa shape index (κ1) is 36.2. The van der Waals surface area contributed by atoms with E-state index in [2.05, 4.69) is 206 Å². The fourth-order valence-corrected chi connectivity index (χ4v) is 10.3. The minimum atomic E-state index is 0.709. The van der Waals surface area contributed by atoms with Gasteiger partial charge in [0.2, 0.25) is 0 Å². The van der Waals surface area contributed by atoms with Gasteiger partial charge >= 0.3 is 0 Å². The van der Waals surface area contributed by atoms with Gasteiger partial charge in [0.05, 0.1) is 11.4 Å². The van der Waals surface area contributed by atoms with Crippen molar-refractivity contribution in [3.05, 3.63) is 231 Å². The van der Waals surface area contributed by atoms with Gasteiger partial charge in [0, 0.05) is 16.7 Å². The van der Waals surface area contributed by atoms with Gasteiger partial charge < -0.3 is 0 Å². The van der Waals surface area contributed by atoms with Crippen molar-refractivity contribution in [1.82, 2.24) is 9.97 Å². The summed E-state index contributed by atoms with van der Waals surface area (Å²) >= 11 is 0. The zero-order chi connectivity index (χ0) is 42.1. The molecule has 0 unspecified atom stereocenters. The van der Waals surface area contributed by atoms with Crippen LogP contribution in [0.1, 0.15) is 0 Å². The molecule has 0 saturated carbocycles. The van der Waals surface area contributed by atoms with E-state index in [0.29, 0.717) is 5.82 Å². The standard InChI is InChI=1S/C62H38N2/c1-3-16-40(17-4-1)56-38-57(64-62(63-56)43-18-5-2-6-19-43)61-53-27-13-11-25-51(53)58(52-26-12-14-28-54(52)61)42-32-30-39(31-33-42)45-36-44-35-34-41-20-15-29-50-48-23-9-7-21-46(48)47-22-8-10-24-49(47)55(37-45)60(44)59(41)50/h1-38H. The first-order valence-electron chi connectivity index (χ1n) is 22.0. The minimum Gasteiger partial charge on any atom is -0.228 e. The lowest BCUT2D eigenvalue weighted by molar-refractivity contribution is 1.19. The van der Waals surface area contributed by atoms with Crippen LogP contribution in [0, 0.1) is 0 Å². The Hall–Kier alpha value is -8.46. The Morgan fingerprint density at radius 1 is 0.219 bits per heavy atom. The number of aromatic nitrogens is 2. The molecule has 0 aliphatic heterocycles. The third-order valence-corrected chi connectivity index (χ3v) is 13.2. The van der Waals surface area contributed by atoms with Gasteiger partial charge in [-0.25, -0.2) is 9.97 Å². The Balaban J connectivity index is 1.01. The second-order valence-corrected chi connectivity index (χ2v) is 16.8. The molecule has 0 saturated heterocycles. The summed E-state index contributed by atoms with van der Waals surface area (Å²) in [5.74, 6) is 0.709. The Labute approximate surface area is 370 Å². The van der Waals surface area contributed by atoms with Gasteiger partial charge in [-0.1, -0.05) is 212 Å². The van der Waals surface area contributed by atoms with Gasteiger partial charge in [0.25, 0.3) is 0 Å². The van der Waals surface area contributed by atoms with Crippen LogP contribution in [0.4, 0.5) is 0 Å². The van der Waals surface area contributed by atoms with Crippen molar-refractivity contribution < 1.29 is 0 Å². The van der Waals surface area contributed by atoms with Gasteiger partial charge in [0.1, 0.15) is 0 Å². The van der Waals surface area contributed by atoms with E-state index in [1.165, 1.54) is 86.9 Å². The van der Waals surface area contributed by atoms with E-state index in [1.807, 2.05) is 24.3 Å². The van der Waals surface area contributed by atoms with Crippen LogP contribution in [-0.2, 0) is 0 Å². The topological polar surface area (TPSA) is 25.8 Å². The molecule has 2 heteroatoms. The van der Waals surface area contributed by atoms with E-state index < -0.39 is 0 Å². The van der Waals surface area contributed by atoms with Crippen LogP contribution in [0.2, 0.25) is 0 Å². The second-order valence-electron chi connectivity index (χ2n) is 16.8. The van der Waals surface area contributed by atoms with E-state index in [-0.39, 0.29) is 0 Å². The SMILES string of the molecule is c1ccc(-c2cc(-c3c4ccccc4c(-c4ccc(-c5cc6ccc7cccc8c9ccccc9c9ccccc9c(c5)c6c78)cc4)c4ccccc34)nc(-c3ccccc3)n2)cc1. The molecule has 0 amide bonds. The van der Waals surface area contributed by atoms with E-state index in [1.54, 1.807) is 0 Å². The van der Waals surface area contributed by atoms with Gasteiger partial charge in [-0.05, 0) is 116 Å². The Bertz CT molecular complexity index is 3870. The number of hydrogen-bond donors (Lipinski definition) is 0. The van der Waals surface area contributed by atoms with Gasteiger partial charge in [-0.15, -0.1) is 0 Å². The van der Waals surface area contributed by atoms with E-state index in [9.17, 15) is 0 Å². The van der Waals surface area contributed by atoms with Crippen LogP contribution in [-0.4, -0.2) is 9.97 Å². The summed E-state index contributed by atoms with van der Waals surface area (Å²) in [5, 5.41) is 17.4. The first-order chi connectivity index (χ1) is 31.7. The maximum absolute atomic E-state index is 5.33. The molecular weight excluding hydrogens is 773 g/mol. The number of benzene rings is 11. The maximum atomic E-state index is 5.33. The molecule has 0 fully saturated rings. The Kier molecular flexibility index (Phi) is 8.25. The van der Waals surface area contributed by atoms with Gasteiger partial charge in [0.15, 0.2) is 5.82 Å². The Morgan fingerprint density at radius 2 is 0.672 bits per heavy atom. The monoisotopic (exact) mass is 810 g/mol. The molecule has 64 heavy (non-hydrogen) atoms. The zero-order valence-electron chi connectivity index (χ0n) is 34.8.